The number of rotatable bonds is 6. The van der Waals surface area contributed by atoms with Crippen LogP contribution in [0.1, 0.15) is 77.6 Å². The Kier molecular flexibility index (Phi) is 6.29. The summed E-state index contributed by atoms with van der Waals surface area (Å²) in [5, 5.41) is 5.84. The Balaban J connectivity index is 1.22. The van der Waals surface area contributed by atoms with E-state index >= 15 is 0 Å². The lowest BCUT2D eigenvalue weighted by atomic mass is 9.90. The van der Waals surface area contributed by atoms with E-state index in [2.05, 4.69) is 15.5 Å². The number of carbonyl (C=O) groups is 4. The van der Waals surface area contributed by atoms with Gasteiger partial charge in [0.1, 0.15) is 6.04 Å². The Bertz CT molecular complexity index is 963. The molecule has 1 aromatic carbocycles. The second-order valence-electron chi connectivity index (χ2n) is 9.88. The first-order chi connectivity index (χ1) is 16.0. The molecule has 0 saturated carbocycles. The zero-order valence-corrected chi connectivity index (χ0v) is 19.0. The van der Waals surface area contributed by atoms with Crippen LogP contribution in [0.2, 0.25) is 0 Å². The van der Waals surface area contributed by atoms with Crippen LogP contribution >= 0.6 is 0 Å². The molecule has 0 radical (unpaired) electrons. The van der Waals surface area contributed by atoms with Crippen molar-refractivity contribution in [2.24, 2.45) is 5.92 Å². The maximum Gasteiger partial charge on any atom is 0.262 e. The van der Waals surface area contributed by atoms with Crippen molar-refractivity contribution >= 4 is 23.6 Å². The molecular weight excluding hydrogens is 420 g/mol. The number of amides is 4. The van der Waals surface area contributed by atoms with Crippen molar-refractivity contribution in [3.8, 4) is 0 Å². The van der Waals surface area contributed by atoms with Crippen molar-refractivity contribution in [1.82, 2.24) is 20.4 Å². The van der Waals surface area contributed by atoms with Crippen LogP contribution < -0.4 is 10.6 Å². The van der Waals surface area contributed by atoms with Gasteiger partial charge in [-0.05, 0) is 82.1 Å². The molecule has 2 N–H and O–H groups in total. The molecule has 0 aromatic heterocycles. The van der Waals surface area contributed by atoms with Crippen molar-refractivity contribution in [2.45, 2.75) is 70.0 Å². The van der Waals surface area contributed by atoms with Gasteiger partial charge in [-0.25, -0.2) is 0 Å². The lowest BCUT2D eigenvalue weighted by Gasteiger charge is -2.32. The zero-order chi connectivity index (χ0) is 22.9. The van der Waals surface area contributed by atoms with Crippen LogP contribution in [0.5, 0.6) is 0 Å². The molecule has 176 valence electrons. The summed E-state index contributed by atoms with van der Waals surface area (Å²) in [6.45, 7) is 3.77. The molecular formula is C25H32N4O4. The molecule has 4 aliphatic rings. The van der Waals surface area contributed by atoms with Crippen LogP contribution in [0.4, 0.5) is 0 Å². The van der Waals surface area contributed by atoms with Gasteiger partial charge in [-0.2, -0.15) is 0 Å². The van der Waals surface area contributed by atoms with Crippen LogP contribution in [0.25, 0.3) is 0 Å². The SMILES string of the molecule is O=C1CCC(N2C(=O)c3cccc(CN4CCC(CC[C@H]5CCCN5)CC4)c3C2=O)C(=O)N1. The van der Waals surface area contributed by atoms with Gasteiger partial charge in [-0.15, -0.1) is 0 Å². The second-order valence-corrected chi connectivity index (χ2v) is 9.88. The normalized spacial score (nSPS) is 26.7. The highest BCUT2D eigenvalue weighted by molar-refractivity contribution is 6.24. The standard InChI is InChI=1S/C25H32N4O4/c30-21-9-8-20(23(31)27-21)29-24(32)19-5-1-3-17(22(19)25(29)33)15-28-13-10-16(11-14-28)6-7-18-4-2-12-26-18/h1,3,5,16,18,20,26H,2,4,6-15H2,(H,27,30,31)/t18-,20?/m1/s1. The zero-order valence-electron chi connectivity index (χ0n) is 19.0. The number of nitrogens with one attached hydrogen (secondary N) is 2. The first kappa shape index (κ1) is 22.2. The first-order valence-electron chi connectivity index (χ1n) is 12.3. The quantitative estimate of drug-likeness (QED) is 0.639. The highest BCUT2D eigenvalue weighted by atomic mass is 16.2. The maximum absolute atomic E-state index is 13.3. The Hall–Kier alpha value is -2.58. The predicted octanol–water partition coefficient (Wildman–Crippen LogP) is 1.83. The van der Waals surface area contributed by atoms with Gasteiger partial charge in [-0.3, -0.25) is 34.3 Å². The molecule has 3 saturated heterocycles. The summed E-state index contributed by atoms with van der Waals surface area (Å²) in [5.74, 6) is -1.03. The molecule has 0 spiro atoms. The lowest BCUT2D eigenvalue weighted by Crippen LogP contribution is -2.54. The van der Waals surface area contributed by atoms with Crippen LogP contribution in [0.3, 0.4) is 0 Å². The summed E-state index contributed by atoms with van der Waals surface area (Å²) in [6, 6.07) is 5.16. The molecule has 8 heteroatoms. The number of benzene rings is 1. The number of hydrogen-bond donors (Lipinski definition) is 2. The fraction of sp³-hybridized carbons (Fsp3) is 0.600. The lowest BCUT2D eigenvalue weighted by molar-refractivity contribution is -0.136. The Morgan fingerprint density at radius 2 is 1.76 bits per heavy atom. The van der Waals surface area contributed by atoms with Gasteiger partial charge in [0.2, 0.25) is 11.8 Å². The fourth-order valence-corrected chi connectivity index (χ4v) is 5.83. The van der Waals surface area contributed by atoms with E-state index in [0.717, 1.165) is 48.9 Å². The van der Waals surface area contributed by atoms with Gasteiger partial charge in [0.05, 0.1) is 11.1 Å². The first-order valence-corrected chi connectivity index (χ1v) is 12.3. The van der Waals surface area contributed by atoms with Crippen molar-refractivity contribution in [3.63, 3.8) is 0 Å². The minimum atomic E-state index is -0.923. The minimum Gasteiger partial charge on any atom is -0.314 e. The summed E-state index contributed by atoms with van der Waals surface area (Å²) >= 11 is 0. The summed E-state index contributed by atoms with van der Waals surface area (Å²) in [5.41, 5.74) is 1.62. The number of carbonyl (C=O) groups excluding carboxylic acids is 4. The molecule has 2 atom stereocenters. The average molecular weight is 453 g/mol. The van der Waals surface area contributed by atoms with E-state index in [1.54, 1.807) is 6.07 Å². The number of nitrogens with zero attached hydrogens (tertiary/aromatic N) is 2. The van der Waals surface area contributed by atoms with Crippen molar-refractivity contribution in [2.75, 3.05) is 19.6 Å². The van der Waals surface area contributed by atoms with E-state index in [9.17, 15) is 19.2 Å². The van der Waals surface area contributed by atoms with Crippen LogP contribution in [0.15, 0.2) is 18.2 Å². The van der Waals surface area contributed by atoms with Crippen LogP contribution in [-0.4, -0.2) is 65.1 Å². The molecule has 1 aromatic rings. The third-order valence-corrected chi connectivity index (χ3v) is 7.74. The molecule has 0 aliphatic carbocycles. The number of hydrogen-bond acceptors (Lipinski definition) is 6. The smallest absolute Gasteiger partial charge is 0.262 e. The molecule has 4 heterocycles. The fourth-order valence-electron chi connectivity index (χ4n) is 5.83. The molecule has 33 heavy (non-hydrogen) atoms. The van der Waals surface area contributed by atoms with Gasteiger partial charge >= 0.3 is 0 Å². The number of likely N-dealkylation sites (tertiary alicyclic amines) is 1. The summed E-state index contributed by atoms with van der Waals surface area (Å²) in [6.07, 6.45) is 7.78. The highest BCUT2D eigenvalue weighted by Gasteiger charge is 2.45. The van der Waals surface area contributed by atoms with E-state index < -0.39 is 23.8 Å². The molecule has 1 unspecified atom stereocenters. The monoisotopic (exact) mass is 452 g/mol. The van der Waals surface area contributed by atoms with Gasteiger partial charge in [0, 0.05) is 19.0 Å². The summed E-state index contributed by atoms with van der Waals surface area (Å²) in [7, 11) is 0. The predicted molar refractivity (Wildman–Crippen MR) is 121 cm³/mol. The largest absolute Gasteiger partial charge is 0.314 e. The molecule has 8 nitrogen and oxygen atoms in total. The Morgan fingerprint density at radius 3 is 2.48 bits per heavy atom. The number of piperidine rings is 2. The van der Waals surface area contributed by atoms with Gasteiger partial charge in [0.15, 0.2) is 0 Å². The minimum absolute atomic E-state index is 0.127. The summed E-state index contributed by atoms with van der Waals surface area (Å²) < 4.78 is 0. The van der Waals surface area contributed by atoms with Gasteiger partial charge in [-0.1, -0.05) is 12.1 Å². The van der Waals surface area contributed by atoms with Crippen LogP contribution in [-0.2, 0) is 16.1 Å². The third-order valence-electron chi connectivity index (χ3n) is 7.74. The van der Waals surface area contributed by atoms with E-state index in [-0.39, 0.29) is 18.7 Å². The van der Waals surface area contributed by atoms with E-state index in [0.29, 0.717) is 23.7 Å². The molecule has 0 bridgehead atoms. The van der Waals surface area contributed by atoms with Gasteiger partial charge < -0.3 is 5.32 Å². The maximum atomic E-state index is 13.3. The Morgan fingerprint density at radius 1 is 0.939 bits per heavy atom. The summed E-state index contributed by atoms with van der Waals surface area (Å²) in [4.78, 5) is 53.5. The number of imide groups is 2. The van der Waals surface area contributed by atoms with E-state index in [1.165, 1.54) is 25.7 Å². The average Bonchev–Trinajstić information content (AvgIpc) is 3.41. The van der Waals surface area contributed by atoms with Crippen molar-refractivity contribution in [1.29, 1.82) is 0 Å². The topological polar surface area (TPSA) is 98.8 Å². The molecule has 4 aliphatic heterocycles. The Labute approximate surface area is 194 Å². The van der Waals surface area contributed by atoms with Crippen molar-refractivity contribution in [3.05, 3.63) is 34.9 Å². The number of fused-ring (bicyclic) bond motifs is 1. The van der Waals surface area contributed by atoms with Crippen LogP contribution in [0, 0.1) is 5.92 Å². The van der Waals surface area contributed by atoms with Gasteiger partial charge in [0.25, 0.3) is 11.8 Å². The molecule has 5 rings (SSSR count). The second kappa shape index (κ2) is 9.35. The van der Waals surface area contributed by atoms with Crippen molar-refractivity contribution < 1.29 is 19.2 Å². The molecule has 4 amide bonds. The van der Waals surface area contributed by atoms with E-state index in [4.69, 9.17) is 0 Å². The third kappa shape index (κ3) is 4.46. The van der Waals surface area contributed by atoms with E-state index in [1.807, 2.05) is 12.1 Å². The highest BCUT2D eigenvalue weighted by Crippen LogP contribution is 2.32. The molecule has 3 fully saturated rings.